The molecule has 222 valence electrons. The van der Waals surface area contributed by atoms with E-state index in [1.165, 1.54) is 6.42 Å². The van der Waals surface area contributed by atoms with Crippen LogP contribution in [0.15, 0.2) is 18.2 Å². The summed E-state index contributed by atoms with van der Waals surface area (Å²) in [5.41, 5.74) is 2.03. The standard InChI is InChI=1S/C31H53N3O4S/c1-8-10-12-13-14-16-21-34(29(36)25(22-39)33-30(37)38-31(5,6)7)27(28(35)32-20-15-11-9-2)26-23(3)18-17-19-24(26)4/h17-19,25,27,39H,8-16,20-22H2,1-7H3,(H,32,35)(H,33,37). The van der Waals surface area contributed by atoms with Crippen LogP contribution in [0.1, 0.15) is 115 Å². The second-order valence-corrected chi connectivity index (χ2v) is 11.8. The van der Waals surface area contributed by atoms with Gasteiger partial charge in [-0.1, -0.05) is 77.0 Å². The minimum atomic E-state index is -0.928. The van der Waals surface area contributed by atoms with Gasteiger partial charge in [0.15, 0.2) is 0 Å². The normalized spacial score (nSPS) is 12.9. The zero-order valence-electron chi connectivity index (χ0n) is 25.4. The van der Waals surface area contributed by atoms with E-state index in [4.69, 9.17) is 4.74 Å². The number of rotatable bonds is 17. The summed E-state index contributed by atoms with van der Waals surface area (Å²) in [5, 5.41) is 5.78. The van der Waals surface area contributed by atoms with E-state index in [2.05, 4.69) is 37.1 Å². The monoisotopic (exact) mass is 563 g/mol. The number of alkyl carbamates (subject to hydrolysis) is 1. The largest absolute Gasteiger partial charge is 0.444 e. The summed E-state index contributed by atoms with van der Waals surface area (Å²) in [5.74, 6) is -0.443. The summed E-state index contributed by atoms with van der Waals surface area (Å²) < 4.78 is 5.41. The zero-order chi connectivity index (χ0) is 29.4. The second-order valence-electron chi connectivity index (χ2n) is 11.4. The fourth-order valence-corrected chi connectivity index (χ4v) is 4.88. The number of thiol groups is 1. The highest BCUT2D eigenvalue weighted by molar-refractivity contribution is 7.80. The van der Waals surface area contributed by atoms with Crippen LogP contribution in [0, 0.1) is 13.8 Å². The number of nitrogens with zero attached hydrogens (tertiary/aromatic N) is 1. The van der Waals surface area contributed by atoms with Gasteiger partial charge >= 0.3 is 6.09 Å². The van der Waals surface area contributed by atoms with Gasteiger partial charge in [-0.3, -0.25) is 9.59 Å². The van der Waals surface area contributed by atoms with Crippen molar-refractivity contribution in [3.8, 4) is 0 Å². The van der Waals surface area contributed by atoms with E-state index in [-0.39, 0.29) is 17.6 Å². The fraction of sp³-hybridized carbons (Fsp3) is 0.710. The predicted octanol–water partition coefficient (Wildman–Crippen LogP) is 6.66. The molecule has 2 atom stereocenters. The first-order valence-electron chi connectivity index (χ1n) is 14.7. The Bertz CT molecular complexity index is 880. The number of benzene rings is 1. The number of hydrogen-bond acceptors (Lipinski definition) is 5. The number of carbonyl (C=O) groups excluding carboxylic acids is 3. The zero-order valence-corrected chi connectivity index (χ0v) is 26.3. The van der Waals surface area contributed by atoms with Gasteiger partial charge in [0.1, 0.15) is 17.7 Å². The summed E-state index contributed by atoms with van der Waals surface area (Å²) >= 11 is 4.39. The first-order valence-corrected chi connectivity index (χ1v) is 15.3. The van der Waals surface area contributed by atoms with Crippen LogP contribution in [-0.2, 0) is 14.3 Å². The van der Waals surface area contributed by atoms with Gasteiger partial charge in [-0.25, -0.2) is 4.79 Å². The third-order valence-corrected chi connectivity index (χ3v) is 7.03. The van der Waals surface area contributed by atoms with Crippen LogP contribution in [-0.4, -0.2) is 53.3 Å². The molecule has 1 aromatic carbocycles. The molecule has 1 aromatic rings. The van der Waals surface area contributed by atoms with Gasteiger partial charge in [-0.05, 0) is 64.2 Å². The van der Waals surface area contributed by atoms with Gasteiger partial charge in [0.25, 0.3) is 0 Å². The lowest BCUT2D eigenvalue weighted by atomic mass is 9.93. The Morgan fingerprint density at radius 2 is 1.49 bits per heavy atom. The highest BCUT2D eigenvalue weighted by Gasteiger charge is 2.36. The quantitative estimate of drug-likeness (QED) is 0.146. The minimum Gasteiger partial charge on any atom is -0.444 e. The van der Waals surface area contributed by atoms with Gasteiger partial charge in [0.2, 0.25) is 11.8 Å². The van der Waals surface area contributed by atoms with Crippen molar-refractivity contribution >= 4 is 30.5 Å². The molecule has 1 rings (SSSR count). The lowest BCUT2D eigenvalue weighted by Crippen LogP contribution is -2.54. The van der Waals surface area contributed by atoms with Crippen LogP contribution in [0.4, 0.5) is 4.79 Å². The maximum atomic E-state index is 14.1. The molecule has 0 aliphatic heterocycles. The average Bonchev–Trinajstić information content (AvgIpc) is 2.86. The van der Waals surface area contributed by atoms with Crippen molar-refractivity contribution < 1.29 is 19.1 Å². The molecule has 3 amide bonds. The van der Waals surface area contributed by atoms with Crippen molar-refractivity contribution in [2.45, 2.75) is 124 Å². The average molecular weight is 564 g/mol. The molecule has 0 bridgehead atoms. The van der Waals surface area contributed by atoms with Crippen molar-refractivity contribution in [2.75, 3.05) is 18.8 Å². The number of amides is 3. The third kappa shape index (κ3) is 12.7. The predicted molar refractivity (Wildman–Crippen MR) is 163 cm³/mol. The molecule has 0 aliphatic carbocycles. The van der Waals surface area contributed by atoms with Crippen molar-refractivity contribution in [1.29, 1.82) is 0 Å². The molecule has 0 fully saturated rings. The van der Waals surface area contributed by atoms with Crippen LogP contribution in [0.3, 0.4) is 0 Å². The number of hydrogen-bond donors (Lipinski definition) is 3. The van der Waals surface area contributed by atoms with Crippen LogP contribution in [0.2, 0.25) is 0 Å². The van der Waals surface area contributed by atoms with Crippen LogP contribution in [0.25, 0.3) is 0 Å². The highest BCUT2D eigenvalue weighted by Crippen LogP contribution is 2.29. The molecule has 0 spiro atoms. The fourth-order valence-electron chi connectivity index (χ4n) is 4.63. The van der Waals surface area contributed by atoms with Crippen molar-refractivity contribution in [2.24, 2.45) is 0 Å². The van der Waals surface area contributed by atoms with Crippen molar-refractivity contribution in [1.82, 2.24) is 15.5 Å². The van der Waals surface area contributed by atoms with Gasteiger partial charge < -0.3 is 20.3 Å². The molecule has 2 N–H and O–H groups in total. The van der Waals surface area contributed by atoms with Crippen LogP contribution >= 0.6 is 12.6 Å². The molecular weight excluding hydrogens is 510 g/mol. The van der Waals surface area contributed by atoms with E-state index in [0.717, 1.165) is 68.1 Å². The molecule has 0 radical (unpaired) electrons. The summed E-state index contributed by atoms with van der Waals surface area (Å²) in [6.45, 7) is 14.5. The maximum Gasteiger partial charge on any atom is 0.408 e. The highest BCUT2D eigenvalue weighted by atomic mass is 32.1. The molecule has 0 heterocycles. The molecule has 2 unspecified atom stereocenters. The molecule has 0 saturated carbocycles. The molecule has 39 heavy (non-hydrogen) atoms. The summed E-state index contributed by atoms with van der Waals surface area (Å²) in [7, 11) is 0. The molecular formula is C31H53N3O4S. The Balaban J connectivity index is 3.39. The Hall–Kier alpha value is -2.22. The molecule has 0 aromatic heterocycles. The summed E-state index contributed by atoms with van der Waals surface area (Å²) in [6.07, 6.45) is 8.61. The van der Waals surface area contributed by atoms with Crippen LogP contribution in [0.5, 0.6) is 0 Å². The topological polar surface area (TPSA) is 87.7 Å². The Kier molecular flexibility index (Phi) is 16.2. The number of carbonyl (C=O) groups is 3. The third-order valence-electron chi connectivity index (χ3n) is 6.66. The Morgan fingerprint density at radius 3 is 2.05 bits per heavy atom. The summed E-state index contributed by atoms with van der Waals surface area (Å²) in [4.78, 5) is 42.1. The lowest BCUT2D eigenvalue weighted by molar-refractivity contribution is -0.142. The first kappa shape index (κ1) is 34.8. The van der Waals surface area contributed by atoms with Gasteiger partial charge in [0, 0.05) is 18.8 Å². The smallest absolute Gasteiger partial charge is 0.408 e. The van der Waals surface area contributed by atoms with E-state index >= 15 is 0 Å². The Labute approximate surface area is 242 Å². The maximum absolute atomic E-state index is 14.1. The van der Waals surface area contributed by atoms with Gasteiger partial charge in [-0.15, -0.1) is 0 Å². The van der Waals surface area contributed by atoms with Crippen molar-refractivity contribution in [3.05, 3.63) is 34.9 Å². The van der Waals surface area contributed by atoms with Gasteiger partial charge in [0.05, 0.1) is 0 Å². The molecule has 7 nitrogen and oxygen atoms in total. The van der Waals surface area contributed by atoms with Crippen molar-refractivity contribution in [3.63, 3.8) is 0 Å². The number of ether oxygens (including phenoxy) is 1. The summed E-state index contributed by atoms with van der Waals surface area (Å²) in [6, 6.07) is 4.18. The lowest BCUT2D eigenvalue weighted by Gasteiger charge is -2.35. The Morgan fingerprint density at radius 1 is 0.923 bits per heavy atom. The van der Waals surface area contributed by atoms with Crippen LogP contribution < -0.4 is 10.6 Å². The number of unbranched alkanes of at least 4 members (excludes halogenated alkanes) is 7. The van der Waals surface area contributed by atoms with Gasteiger partial charge in [-0.2, -0.15) is 12.6 Å². The molecule has 0 aliphatic rings. The minimum absolute atomic E-state index is 0.0860. The first-order chi connectivity index (χ1) is 18.5. The number of aryl methyl sites for hydroxylation is 2. The van der Waals surface area contributed by atoms with E-state index in [0.29, 0.717) is 13.1 Å². The molecule has 8 heteroatoms. The van der Waals surface area contributed by atoms with E-state index in [1.807, 2.05) is 32.0 Å². The van der Waals surface area contributed by atoms with E-state index in [9.17, 15) is 14.4 Å². The molecule has 0 saturated heterocycles. The van der Waals surface area contributed by atoms with E-state index in [1.54, 1.807) is 25.7 Å². The SMILES string of the molecule is CCCCCCCCN(C(=O)C(CS)NC(=O)OC(C)(C)C)C(C(=O)NCCCCC)c1c(C)cccc1C. The van der Waals surface area contributed by atoms with E-state index < -0.39 is 23.8 Å². The second kappa shape index (κ2) is 18.2. The number of nitrogens with one attached hydrogen (secondary N) is 2.